The maximum atomic E-state index is 13.2. The van der Waals surface area contributed by atoms with Gasteiger partial charge in [-0.2, -0.15) is 0 Å². The Morgan fingerprint density at radius 2 is 2.22 bits per heavy atom. The summed E-state index contributed by atoms with van der Waals surface area (Å²) in [4.78, 5) is 0. The molecule has 0 saturated carbocycles. The van der Waals surface area contributed by atoms with Crippen LogP contribution in [0.4, 0.5) is 4.39 Å². The third-order valence-corrected chi connectivity index (χ3v) is 3.84. The van der Waals surface area contributed by atoms with Crippen LogP contribution in [0.15, 0.2) is 18.2 Å². The first-order valence-corrected chi connectivity index (χ1v) is 6.36. The van der Waals surface area contributed by atoms with Gasteiger partial charge < -0.3 is 14.6 Å². The molecule has 2 heterocycles. The van der Waals surface area contributed by atoms with Crippen molar-refractivity contribution in [3.05, 3.63) is 29.6 Å². The molecule has 4 heteroatoms. The van der Waals surface area contributed by atoms with Crippen molar-refractivity contribution < 1.29 is 19.0 Å². The number of aliphatic hydroxyl groups is 1. The molecule has 0 bridgehead atoms. The van der Waals surface area contributed by atoms with Gasteiger partial charge in [0.15, 0.2) is 0 Å². The van der Waals surface area contributed by atoms with Crippen molar-refractivity contribution >= 4 is 0 Å². The van der Waals surface area contributed by atoms with Crippen LogP contribution in [-0.2, 0) is 4.74 Å². The Balaban J connectivity index is 1.93. The molecule has 3 atom stereocenters. The molecule has 0 amide bonds. The molecule has 1 saturated heterocycles. The van der Waals surface area contributed by atoms with Crippen molar-refractivity contribution in [3.63, 3.8) is 0 Å². The van der Waals surface area contributed by atoms with Gasteiger partial charge in [0.1, 0.15) is 17.2 Å². The average molecular weight is 252 g/mol. The summed E-state index contributed by atoms with van der Waals surface area (Å²) in [6.45, 7) is 2.65. The molecule has 2 aliphatic heterocycles. The minimum Gasteiger partial charge on any atom is -0.487 e. The standard InChI is InChI=1S/C14H17FO3/c1-9-7-14(4-5-17-9)8-12(16)11-6-10(15)2-3-13(11)18-14/h2-3,6,9,12,16H,4-5,7-8H2,1H3/t9?,12-,14?/m1/s1. The fourth-order valence-electron chi connectivity index (χ4n) is 3.02. The van der Waals surface area contributed by atoms with E-state index in [1.807, 2.05) is 6.92 Å². The van der Waals surface area contributed by atoms with E-state index in [0.717, 1.165) is 12.8 Å². The first-order valence-electron chi connectivity index (χ1n) is 6.36. The summed E-state index contributed by atoms with van der Waals surface area (Å²) in [5.74, 6) is 0.261. The van der Waals surface area contributed by atoms with Gasteiger partial charge in [-0.1, -0.05) is 0 Å². The highest BCUT2D eigenvalue weighted by Crippen LogP contribution is 2.45. The maximum Gasteiger partial charge on any atom is 0.126 e. The second-order valence-corrected chi connectivity index (χ2v) is 5.32. The van der Waals surface area contributed by atoms with Gasteiger partial charge in [-0.25, -0.2) is 4.39 Å². The van der Waals surface area contributed by atoms with Crippen molar-refractivity contribution in [2.24, 2.45) is 0 Å². The molecule has 0 radical (unpaired) electrons. The predicted octanol–water partition coefficient (Wildman–Crippen LogP) is 2.58. The zero-order valence-electron chi connectivity index (χ0n) is 10.4. The fraction of sp³-hybridized carbons (Fsp3) is 0.571. The van der Waals surface area contributed by atoms with Crippen LogP contribution in [-0.4, -0.2) is 23.4 Å². The molecule has 1 fully saturated rings. The fourth-order valence-corrected chi connectivity index (χ4v) is 3.02. The molecule has 2 unspecified atom stereocenters. The van der Waals surface area contributed by atoms with E-state index in [0.29, 0.717) is 24.3 Å². The highest BCUT2D eigenvalue weighted by Gasteiger charge is 2.43. The van der Waals surface area contributed by atoms with Gasteiger partial charge in [0, 0.05) is 24.8 Å². The lowest BCUT2D eigenvalue weighted by Crippen LogP contribution is -2.47. The number of benzene rings is 1. The molecule has 1 N–H and O–H groups in total. The van der Waals surface area contributed by atoms with E-state index in [4.69, 9.17) is 9.47 Å². The van der Waals surface area contributed by atoms with Crippen LogP contribution in [0.3, 0.4) is 0 Å². The summed E-state index contributed by atoms with van der Waals surface area (Å²) < 4.78 is 24.8. The number of hydrogen-bond donors (Lipinski definition) is 1. The molecule has 0 aliphatic carbocycles. The third kappa shape index (κ3) is 1.99. The molecule has 98 valence electrons. The van der Waals surface area contributed by atoms with Crippen LogP contribution in [0.5, 0.6) is 5.75 Å². The second kappa shape index (κ2) is 4.21. The quantitative estimate of drug-likeness (QED) is 0.771. The average Bonchev–Trinajstić information content (AvgIpc) is 2.30. The molecular formula is C14H17FO3. The number of ether oxygens (including phenoxy) is 2. The Morgan fingerprint density at radius 3 is 3.00 bits per heavy atom. The first-order chi connectivity index (χ1) is 8.58. The second-order valence-electron chi connectivity index (χ2n) is 5.32. The largest absolute Gasteiger partial charge is 0.487 e. The summed E-state index contributed by atoms with van der Waals surface area (Å²) >= 11 is 0. The number of halogens is 1. The molecule has 1 spiro atoms. The molecule has 1 aromatic carbocycles. The number of fused-ring (bicyclic) bond motifs is 1. The minimum atomic E-state index is -0.658. The lowest BCUT2D eigenvalue weighted by Gasteiger charge is -2.44. The highest BCUT2D eigenvalue weighted by molar-refractivity contribution is 5.38. The molecular weight excluding hydrogens is 235 g/mol. The summed E-state index contributed by atoms with van der Waals surface area (Å²) in [5.41, 5.74) is 0.196. The Kier molecular flexibility index (Phi) is 2.79. The van der Waals surface area contributed by atoms with Crippen molar-refractivity contribution in [2.75, 3.05) is 6.61 Å². The van der Waals surface area contributed by atoms with E-state index in [2.05, 4.69) is 0 Å². The van der Waals surface area contributed by atoms with Gasteiger partial charge in [-0.3, -0.25) is 0 Å². The highest BCUT2D eigenvalue weighted by atomic mass is 19.1. The summed E-state index contributed by atoms with van der Waals surface area (Å²) in [7, 11) is 0. The Morgan fingerprint density at radius 1 is 1.39 bits per heavy atom. The van der Waals surface area contributed by atoms with E-state index in [9.17, 15) is 9.50 Å². The Bertz CT molecular complexity index is 462. The maximum absolute atomic E-state index is 13.2. The number of rotatable bonds is 0. The molecule has 18 heavy (non-hydrogen) atoms. The lowest BCUT2D eigenvalue weighted by atomic mass is 9.81. The van der Waals surface area contributed by atoms with Crippen molar-refractivity contribution in [1.82, 2.24) is 0 Å². The van der Waals surface area contributed by atoms with Crippen LogP contribution in [0.2, 0.25) is 0 Å². The zero-order chi connectivity index (χ0) is 12.8. The third-order valence-electron chi connectivity index (χ3n) is 3.84. The van der Waals surface area contributed by atoms with Gasteiger partial charge >= 0.3 is 0 Å². The molecule has 0 aromatic heterocycles. The van der Waals surface area contributed by atoms with Gasteiger partial charge in [-0.15, -0.1) is 0 Å². The summed E-state index contributed by atoms with van der Waals surface area (Å²) in [5, 5.41) is 10.2. The summed E-state index contributed by atoms with van der Waals surface area (Å²) in [6, 6.07) is 4.33. The first kappa shape index (κ1) is 11.9. The Hall–Kier alpha value is -1.13. The van der Waals surface area contributed by atoms with Gasteiger partial charge in [0.05, 0.1) is 18.8 Å². The van der Waals surface area contributed by atoms with E-state index in [1.54, 1.807) is 6.07 Å². The van der Waals surface area contributed by atoms with E-state index >= 15 is 0 Å². The van der Waals surface area contributed by atoms with E-state index in [-0.39, 0.29) is 17.5 Å². The molecule has 3 rings (SSSR count). The summed E-state index contributed by atoms with van der Waals surface area (Å²) in [6.07, 6.45) is 1.52. The van der Waals surface area contributed by atoms with Gasteiger partial charge in [-0.05, 0) is 25.1 Å². The molecule has 3 nitrogen and oxygen atoms in total. The lowest BCUT2D eigenvalue weighted by molar-refractivity contribution is -0.111. The van der Waals surface area contributed by atoms with Crippen molar-refractivity contribution in [2.45, 2.75) is 44.0 Å². The van der Waals surface area contributed by atoms with E-state index in [1.165, 1.54) is 12.1 Å². The van der Waals surface area contributed by atoms with Crippen LogP contribution in [0.25, 0.3) is 0 Å². The van der Waals surface area contributed by atoms with Crippen LogP contribution >= 0.6 is 0 Å². The number of aliphatic hydroxyl groups excluding tert-OH is 1. The zero-order valence-corrected chi connectivity index (χ0v) is 10.4. The monoisotopic (exact) mass is 252 g/mol. The van der Waals surface area contributed by atoms with Gasteiger partial charge in [0.2, 0.25) is 0 Å². The van der Waals surface area contributed by atoms with Crippen molar-refractivity contribution in [3.8, 4) is 5.75 Å². The van der Waals surface area contributed by atoms with Crippen LogP contribution in [0.1, 0.15) is 37.9 Å². The minimum absolute atomic E-state index is 0.132. The molecule has 2 aliphatic rings. The molecule has 1 aromatic rings. The topological polar surface area (TPSA) is 38.7 Å². The van der Waals surface area contributed by atoms with Crippen molar-refractivity contribution in [1.29, 1.82) is 0 Å². The van der Waals surface area contributed by atoms with Crippen LogP contribution in [0, 0.1) is 5.82 Å². The van der Waals surface area contributed by atoms with Gasteiger partial charge in [0.25, 0.3) is 0 Å². The van der Waals surface area contributed by atoms with E-state index < -0.39 is 6.10 Å². The smallest absolute Gasteiger partial charge is 0.126 e. The predicted molar refractivity (Wildman–Crippen MR) is 64.0 cm³/mol. The Labute approximate surface area is 106 Å². The normalized spacial score (nSPS) is 35.1. The number of hydrogen-bond acceptors (Lipinski definition) is 3. The van der Waals surface area contributed by atoms with Crippen LogP contribution < -0.4 is 4.74 Å². The SMILES string of the molecule is CC1CC2(CCO1)C[C@@H](O)c1cc(F)ccc1O2.